The molecule has 102 heavy (non-hydrogen) atoms. The zero-order chi connectivity index (χ0) is 76.9. The van der Waals surface area contributed by atoms with E-state index in [-0.39, 0.29) is 74.3 Å². The van der Waals surface area contributed by atoms with Crippen molar-refractivity contribution in [3.63, 3.8) is 0 Å². The topological polar surface area (TPSA) is 596 Å². The Bertz CT molecular complexity index is 3190. The van der Waals surface area contributed by atoms with Crippen LogP contribution in [0.1, 0.15) is 134 Å². The minimum atomic E-state index is -1.96. The van der Waals surface area contributed by atoms with Gasteiger partial charge in [0, 0.05) is 62.9 Å². The largest absolute Gasteiger partial charge is 0.481 e. The average molecular weight is 1460 g/mol. The van der Waals surface area contributed by atoms with Crippen LogP contribution in [0.2, 0.25) is 0 Å². The van der Waals surface area contributed by atoms with Crippen LogP contribution < -0.4 is 64.2 Å². The lowest BCUT2D eigenvalue weighted by Gasteiger charge is -2.27. The maximum Gasteiger partial charge on any atom is 0.303 e. The first-order valence-corrected chi connectivity index (χ1v) is 33.9. The van der Waals surface area contributed by atoms with Gasteiger partial charge in [-0.05, 0) is 89.9 Å². The first-order chi connectivity index (χ1) is 47.9. The quantitative estimate of drug-likeness (QED) is 0.0215. The molecule has 0 aliphatic carbocycles. The normalized spacial score (nSPS) is 15.1. The lowest BCUT2D eigenvalue weighted by molar-refractivity contribution is -0.142. The summed E-state index contributed by atoms with van der Waals surface area (Å²) in [7, 11) is 0. The van der Waals surface area contributed by atoms with Crippen molar-refractivity contribution in [1.82, 2.24) is 63.4 Å². The number of nitrogens with one attached hydrogen (secondary N) is 11. The fourth-order valence-electron chi connectivity index (χ4n) is 9.80. The fourth-order valence-corrected chi connectivity index (χ4v) is 10.4. The van der Waals surface area contributed by atoms with E-state index in [0.717, 1.165) is 0 Å². The van der Waals surface area contributed by atoms with Gasteiger partial charge in [0.25, 0.3) is 0 Å². The third kappa shape index (κ3) is 34.3. The highest BCUT2D eigenvalue weighted by atomic mass is 32.2. The molecule has 2 rings (SSSR count). The molecule has 0 radical (unpaired) electrons. The van der Waals surface area contributed by atoms with Gasteiger partial charge in [0.05, 0.1) is 25.7 Å². The molecular weight excluding hydrogens is 1370 g/mol. The number of hydrogen-bond donors (Lipinski definition) is 17. The number of carboxylic acid groups (broad SMARTS) is 5. The Morgan fingerprint density at radius 3 is 1.41 bits per heavy atom. The van der Waals surface area contributed by atoms with Crippen LogP contribution in [0.5, 0.6) is 0 Å². The number of thioether (sulfide) groups is 1. The number of carbonyl (C=O) groups is 19. The maximum absolute atomic E-state index is 14.3. The monoisotopic (exact) mass is 1460 g/mol. The number of carboxylic acids is 5. The van der Waals surface area contributed by atoms with Crippen LogP contribution in [-0.4, -0.2) is 255 Å². The molecule has 1 aromatic rings. The van der Waals surface area contributed by atoms with Crippen LogP contribution in [0, 0.1) is 5.92 Å². The summed E-state index contributed by atoms with van der Waals surface area (Å²) in [4.78, 5) is 245. The van der Waals surface area contributed by atoms with Crippen molar-refractivity contribution >= 4 is 124 Å². The van der Waals surface area contributed by atoms with E-state index in [1.54, 1.807) is 20.1 Å². The van der Waals surface area contributed by atoms with Crippen LogP contribution in [-0.2, 0) is 97.5 Å². The van der Waals surface area contributed by atoms with E-state index in [0.29, 0.717) is 12.0 Å². The lowest BCUT2D eigenvalue weighted by atomic mass is 10.0. The standard InChI is InChI=1S/C63H93N13O25S/c1-32(2)26-43(57(94)67-29-47(79)69-45(31-102-6)62(99)68-34(4)54(91)66-28-33(3)77)75-63(100)46-8-7-24-76(46)48(80)30-101-25-23-65-56(93)44(27-36-9-11-37(12-10-36)35(5)78)74-61(98)42(17-22-53(89)90)73-60(97)41(16-21-52(87)88)72-59(96)40(15-20-51(85)86)71-58(95)39(14-19-50(83)84)70-55(92)38(64)13-18-49(81)82/h9-12,32,34,38-46H,7-8,13-31,64H2,1-6H3,(H,65,93)(H,66,91)(H,67,94)(H,68,99)(H,69,79)(H,70,92)(H,71,95)(H,72,96)(H,73,97)(H,74,98)(H,75,100)(H,81,82)(H,83,84)(H,85,86)(H,87,88)(H,89,90)/t34-,38+,39+,40+,41+,42+,43-,44-,45-,46-/m0/s1. The molecule has 1 heterocycles. The molecule has 1 fully saturated rings. The molecule has 0 aromatic heterocycles. The molecule has 10 atom stereocenters. The van der Waals surface area contributed by atoms with Gasteiger partial charge in [-0.2, -0.15) is 11.8 Å². The van der Waals surface area contributed by atoms with Gasteiger partial charge >= 0.3 is 29.8 Å². The van der Waals surface area contributed by atoms with Crippen LogP contribution in [0.25, 0.3) is 0 Å². The van der Waals surface area contributed by atoms with Crippen LogP contribution in [0.15, 0.2) is 24.3 Å². The van der Waals surface area contributed by atoms with Crippen molar-refractivity contribution in [1.29, 1.82) is 0 Å². The number of nitrogens with two attached hydrogens (primary N) is 1. The van der Waals surface area contributed by atoms with E-state index >= 15 is 0 Å². The molecule has 1 saturated heterocycles. The molecule has 1 aliphatic heterocycles. The second kappa shape index (κ2) is 45.6. The summed E-state index contributed by atoms with van der Waals surface area (Å²) >= 11 is 1.21. The molecule has 12 amide bonds. The van der Waals surface area contributed by atoms with Gasteiger partial charge in [0.2, 0.25) is 70.9 Å². The van der Waals surface area contributed by atoms with Gasteiger partial charge in [-0.1, -0.05) is 38.1 Å². The summed E-state index contributed by atoms with van der Waals surface area (Å²) in [5.74, 6) is -19.4. The third-order valence-electron chi connectivity index (χ3n) is 15.2. The highest BCUT2D eigenvalue weighted by Crippen LogP contribution is 2.19. The molecule has 0 spiro atoms. The lowest BCUT2D eigenvalue weighted by Crippen LogP contribution is -2.59. The molecule has 0 saturated carbocycles. The second-order valence-corrected chi connectivity index (χ2v) is 25.2. The van der Waals surface area contributed by atoms with Crippen molar-refractivity contribution in [2.45, 2.75) is 185 Å². The third-order valence-corrected chi connectivity index (χ3v) is 15.9. The summed E-state index contributed by atoms with van der Waals surface area (Å²) in [6.45, 7) is 5.46. The second-order valence-electron chi connectivity index (χ2n) is 24.3. The molecule has 566 valence electrons. The van der Waals surface area contributed by atoms with E-state index in [1.165, 1.54) is 61.7 Å². The Kier molecular flexibility index (Phi) is 39.3. The molecule has 38 nitrogen and oxygen atoms in total. The average Bonchev–Trinajstić information content (AvgIpc) is 1.63. The van der Waals surface area contributed by atoms with E-state index in [4.69, 9.17) is 15.6 Å². The van der Waals surface area contributed by atoms with Gasteiger partial charge in [-0.25, -0.2) is 0 Å². The predicted octanol–water partition coefficient (Wildman–Crippen LogP) is -4.66. The van der Waals surface area contributed by atoms with Crippen LogP contribution >= 0.6 is 11.8 Å². The summed E-state index contributed by atoms with van der Waals surface area (Å²) < 4.78 is 5.59. The fraction of sp³-hybridized carbons (Fsp3) is 0.603. The van der Waals surface area contributed by atoms with E-state index in [9.17, 15) is 112 Å². The summed E-state index contributed by atoms with van der Waals surface area (Å²) in [6, 6.07) is -9.30. The van der Waals surface area contributed by atoms with Crippen molar-refractivity contribution in [2.75, 3.05) is 51.4 Å². The number of amides is 12. The number of benzene rings is 1. The molecule has 0 bridgehead atoms. The van der Waals surface area contributed by atoms with Gasteiger partial charge in [0.1, 0.15) is 66.8 Å². The highest BCUT2D eigenvalue weighted by Gasteiger charge is 2.38. The van der Waals surface area contributed by atoms with E-state index < -0.39 is 239 Å². The molecule has 1 aromatic carbocycles. The van der Waals surface area contributed by atoms with E-state index in [2.05, 4.69) is 58.5 Å². The number of ether oxygens (including phenoxy) is 1. The molecule has 0 unspecified atom stereocenters. The summed E-state index contributed by atoms with van der Waals surface area (Å²) in [6.07, 6.45) is -5.11. The first-order valence-electron chi connectivity index (χ1n) is 32.5. The van der Waals surface area contributed by atoms with Gasteiger partial charge < -0.3 is 99.4 Å². The van der Waals surface area contributed by atoms with Crippen molar-refractivity contribution < 1.29 is 121 Å². The van der Waals surface area contributed by atoms with Crippen molar-refractivity contribution in [2.24, 2.45) is 11.7 Å². The zero-order valence-corrected chi connectivity index (χ0v) is 58.2. The Hall–Kier alpha value is -10.2. The molecule has 18 N–H and O–H groups in total. The van der Waals surface area contributed by atoms with Crippen LogP contribution in [0.3, 0.4) is 0 Å². The van der Waals surface area contributed by atoms with Gasteiger partial charge in [-0.3, -0.25) is 91.1 Å². The maximum atomic E-state index is 14.3. The Balaban J connectivity index is 2.30. The summed E-state index contributed by atoms with van der Waals surface area (Å²) in [5.41, 5.74) is 6.39. The SMILES string of the molecule is CSC[C@H](NC(=O)CNC(=O)[C@H](CC(C)C)NC(=O)[C@@H]1CCCN1C(=O)COCCNC(=O)[C@H](Cc1ccc(C(C)=O)cc1)NC(=O)[C@@H](CCC(=O)O)NC(=O)[C@@H](CCC(=O)O)NC(=O)[C@@H](CCC(=O)O)NC(=O)[C@@H](CCC(=O)O)NC(=O)[C@H](N)CCC(=O)O)C(=O)N[C@@H](C)C(=O)NCC(C)=O. The number of likely N-dealkylation sites (tertiary alicyclic amines) is 1. The van der Waals surface area contributed by atoms with Gasteiger partial charge in [-0.15, -0.1) is 0 Å². The number of Topliss-reactive ketones (excluding diaryl/α,β-unsaturated/α-hetero) is 2. The Morgan fingerprint density at radius 1 is 0.520 bits per heavy atom. The zero-order valence-electron chi connectivity index (χ0n) is 57.3. The predicted molar refractivity (Wildman–Crippen MR) is 357 cm³/mol. The number of carbonyl (C=O) groups excluding carboxylic acids is 14. The van der Waals surface area contributed by atoms with Gasteiger partial charge in [0.15, 0.2) is 5.78 Å². The minimum absolute atomic E-state index is 0.0862. The number of aliphatic carboxylic acids is 5. The number of nitrogens with zero attached hydrogens (tertiary/aromatic N) is 1. The van der Waals surface area contributed by atoms with Crippen molar-refractivity contribution in [3.05, 3.63) is 35.4 Å². The minimum Gasteiger partial charge on any atom is -0.481 e. The van der Waals surface area contributed by atoms with Crippen LogP contribution in [0.4, 0.5) is 0 Å². The molecule has 39 heteroatoms. The number of hydrogen-bond acceptors (Lipinski definition) is 22. The number of rotatable bonds is 49. The first kappa shape index (κ1) is 87.9. The van der Waals surface area contributed by atoms with E-state index in [1.807, 2.05) is 0 Å². The number of ketones is 2. The highest BCUT2D eigenvalue weighted by molar-refractivity contribution is 7.98. The summed E-state index contributed by atoms with van der Waals surface area (Å²) in [5, 5.41) is 73.3. The Morgan fingerprint density at radius 2 is 0.961 bits per heavy atom. The smallest absolute Gasteiger partial charge is 0.303 e. The van der Waals surface area contributed by atoms with Crippen molar-refractivity contribution in [3.8, 4) is 0 Å². The molecule has 1 aliphatic rings. The molecular formula is C63H93N13O25S. The Labute approximate surface area is 590 Å².